The van der Waals surface area contributed by atoms with Crippen LogP contribution in [0.2, 0.25) is 0 Å². The van der Waals surface area contributed by atoms with Crippen molar-refractivity contribution in [1.29, 1.82) is 0 Å². The van der Waals surface area contributed by atoms with E-state index in [4.69, 9.17) is 0 Å². The van der Waals surface area contributed by atoms with Crippen molar-refractivity contribution in [3.05, 3.63) is 42.2 Å². The van der Waals surface area contributed by atoms with Crippen molar-refractivity contribution in [2.75, 3.05) is 0 Å². The zero-order valence-electron chi connectivity index (χ0n) is 9.53. The summed E-state index contributed by atoms with van der Waals surface area (Å²) in [6, 6.07) is 2.83. The molecule has 2 rings (SSSR count). The van der Waals surface area contributed by atoms with Gasteiger partial charge in [0.05, 0.1) is 6.04 Å². The number of aromatic nitrogens is 1. The minimum Gasteiger partial charge on any atom is -0.346 e. The van der Waals surface area contributed by atoms with E-state index >= 15 is 0 Å². The van der Waals surface area contributed by atoms with E-state index in [9.17, 15) is 9.18 Å². The third kappa shape index (κ3) is 2.90. The number of hydrogen-bond donors (Lipinski definition) is 1. The van der Waals surface area contributed by atoms with Crippen molar-refractivity contribution in [2.45, 2.75) is 31.5 Å². The molecule has 1 aromatic heterocycles. The highest BCUT2D eigenvalue weighted by Crippen LogP contribution is 2.25. The van der Waals surface area contributed by atoms with Gasteiger partial charge in [-0.05, 0) is 25.0 Å². The first-order chi connectivity index (χ1) is 8.16. The SMILES string of the molecule is C=C1CCC(NC(=O)c2ccncc2)C(F)C1. The molecule has 17 heavy (non-hydrogen) atoms. The van der Waals surface area contributed by atoms with Gasteiger partial charge in [0.25, 0.3) is 5.91 Å². The van der Waals surface area contributed by atoms with Gasteiger partial charge in [-0.2, -0.15) is 0 Å². The van der Waals surface area contributed by atoms with E-state index in [0.29, 0.717) is 18.4 Å². The van der Waals surface area contributed by atoms with Crippen molar-refractivity contribution in [3.63, 3.8) is 0 Å². The molecule has 90 valence electrons. The lowest BCUT2D eigenvalue weighted by Crippen LogP contribution is -2.43. The van der Waals surface area contributed by atoms with Crippen molar-refractivity contribution in [1.82, 2.24) is 10.3 Å². The largest absolute Gasteiger partial charge is 0.346 e. The van der Waals surface area contributed by atoms with Gasteiger partial charge in [0.1, 0.15) is 6.17 Å². The molecule has 0 radical (unpaired) electrons. The summed E-state index contributed by atoms with van der Waals surface area (Å²) >= 11 is 0. The molecule has 0 saturated heterocycles. The summed E-state index contributed by atoms with van der Waals surface area (Å²) in [5.41, 5.74) is 1.43. The lowest BCUT2D eigenvalue weighted by Gasteiger charge is -2.28. The van der Waals surface area contributed by atoms with Crippen LogP contribution in [0.3, 0.4) is 0 Å². The van der Waals surface area contributed by atoms with E-state index in [1.165, 1.54) is 0 Å². The third-order valence-electron chi connectivity index (χ3n) is 2.99. The predicted octanol–water partition coefficient (Wildman–Crippen LogP) is 2.26. The first-order valence-electron chi connectivity index (χ1n) is 5.68. The van der Waals surface area contributed by atoms with Crippen LogP contribution in [0.15, 0.2) is 36.7 Å². The van der Waals surface area contributed by atoms with Crippen molar-refractivity contribution in [2.24, 2.45) is 0 Å². The molecule has 1 aliphatic rings. The summed E-state index contributed by atoms with van der Waals surface area (Å²) in [7, 11) is 0. The van der Waals surface area contributed by atoms with Gasteiger partial charge in [0.15, 0.2) is 0 Å². The molecule has 1 aliphatic carbocycles. The number of nitrogens with one attached hydrogen (secondary N) is 1. The van der Waals surface area contributed by atoms with E-state index in [2.05, 4.69) is 16.9 Å². The van der Waals surface area contributed by atoms with E-state index in [1.54, 1.807) is 24.5 Å². The van der Waals surface area contributed by atoms with Gasteiger partial charge in [0.2, 0.25) is 0 Å². The minimum absolute atomic E-state index is 0.243. The molecule has 1 N–H and O–H groups in total. The van der Waals surface area contributed by atoms with Gasteiger partial charge in [0, 0.05) is 24.4 Å². The van der Waals surface area contributed by atoms with E-state index in [0.717, 1.165) is 12.0 Å². The average molecular weight is 234 g/mol. The summed E-state index contributed by atoms with van der Waals surface area (Å²) in [6.45, 7) is 3.78. The Morgan fingerprint density at radius 2 is 2.18 bits per heavy atom. The maximum absolute atomic E-state index is 13.7. The molecule has 3 nitrogen and oxygen atoms in total. The smallest absolute Gasteiger partial charge is 0.251 e. The van der Waals surface area contributed by atoms with Crippen LogP contribution in [-0.4, -0.2) is 23.1 Å². The molecule has 1 fully saturated rings. The van der Waals surface area contributed by atoms with Crippen molar-refractivity contribution >= 4 is 5.91 Å². The molecule has 0 bridgehead atoms. The van der Waals surface area contributed by atoms with Crippen LogP contribution < -0.4 is 5.32 Å². The standard InChI is InChI=1S/C13H15FN2O/c1-9-2-3-12(11(14)8-9)16-13(17)10-4-6-15-7-5-10/h4-7,11-12H,1-3,8H2,(H,16,17). The second kappa shape index (κ2) is 5.08. The Morgan fingerprint density at radius 1 is 1.47 bits per heavy atom. The number of carbonyl (C=O) groups excluding carboxylic acids is 1. The van der Waals surface area contributed by atoms with Gasteiger partial charge < -0.3 is 5.32 Å². The number of nitrogens with zero attached hydrogens (tertiary/aromatic N) is 1. The van der Waals surface area contributed by atoms with Crippen LogP contribution >= 0.6 is 0 Å². The van der Waals surface area contributed by atoms with Gasteiger partial charge in [-0.3, -0.25) is 9.78 Å². The molecule has 0 aromatic carbocycles. The Hall–Kier alpha value is -1.71. The Balaban J connectivity index is 1.97. The second-order valence-electron chi connectivity index (χ2n) is 4.32. The van der Waals surface area contributed by atoms with E-state index in [1.807, 2.05) is 0 Å². The first kappa shape index (κ1) is 11.8. The normalized spacial score (nSPS) is 24.4. The molecule has 1 saturated carbocycles. The lowest BCUT2D eigenvalue weighted by atomic mass is 9.90. The zero-order valence-corrected chi connectivity index (χ0v) is 9.53. The van der Waals surface area contributed by atoms with Crippen LogP contribution in [0.4, 0.5) is 4.39 Å². The number of amides is 1. The Bertz CT molecular complexity index is 419. The number of alkyl halides is 1. The van der Waals surface area contributed by atoms with Crippen LogP contribution in [0.5, 0.6) is 0 Å². The Kier molecular flexibility index (Phi) is 3.52. The highest BCUT2D eigenvalue weighted by atomic mass is 19.1. The number of allylic oxidation sites excluding steroid dienone is 1. The van der Waals surface area contributed by atoms with E-state index < -0.39 is 12.2 Å². The van der Waals surface area contributed by atoms with Crippen molar-refractivity contribution in [3.8, 4) is 0 Å². The number of halogens is 1. The van der Waals surface area contributed by atoms with Gasteiger partial charge in [-0.15, -0.1) is 0 Å². The number of pyridine rings is 1. The molecular weight excluding hydrogens is 219 g/mol. The van der Waals surface area contributed by atoms with Crippen LogP contribution in [0.1, 0.15) is 29.6 Å². The monoisotopic (exact) mass is 234 g/mol. The number of rotatable bonds is 2. The summed E-state index contributed by atoms with van der Waals surface area (Å²) in [4.78, 5) is 15.6. The van der Waals surface area contributed by atoms with Gasteiger partial charge in [-0.25, -0.2) is 4.39 Å². The summed E-state index contributed by atoms with van der Waals surface area (Å²) in [5, 5.41) is 2.72. The van der Waals surface area contributed by atoms with Crippen molar-refractivity contribution < 1.29 is 9.18 Å². The fraction of sp³-hybridized carbons (Fsp3) is 0.385. The highest BCUT2D eigenvalue weighted by Gasteiger charge is 2.27. The number of carbonyl (C=O) groups is 1. The molecule has 1 amide bonds. The molecular formula is C13H15FN2O. The van der Waals surface area contributed by atoms with E-state index in [-0.39, 0.29) is 5.91 Å². The predicted molar refractivity (Wildman–Crippen MR) is 63.4 cm³/mol. The Morgan fingerprint density at radius 3 is 2.82 bits per heavy atom. The van der Waals surface area contributed by atoms with Crippen LogP contribution in [-0.2, 0) is 0 Å². The lowest BCUT2D eigenvalue weighted by molar-refractivity contribution is 0.0896. The minimum atomic E-state index is -1.03. The zero-order chi connectivity index (χ0) is 12.3. The third-order valence-corrected chi connectivity index (χ3v) is 2.99. The molecule has 1 heterocycles. The maximum Gasteiger partial charge on any atom is 0.251 e. The van der Waals surface area contributed by atoms with Gasteiger partial charge in [-0.1, -0.05) is 12.2 Å². The van der Waals surface area contributed by atoms with Crippen LogP contribution in [0, 0.1) is 0 Å². The molecule has 0 aliphatic heterocycles. The fourth-order valence-electron chi connectivity index (χ4n) is 1.98. The maximum atomic E-state index is 13.7. The summed E-state index contributed by atoms with van der Waals surface area (Å²) in [5.74, 6) is -0.243. The summed E-state index contributed by atoms with van der Waals surface area (Å²) in [6.07, 6.45) is 3.82. The second-order valence-corrected chi connectivity index (χ2v) is 4.32. The summed E-state index contributed by atoms with van der Waals surface area (Å²) < 4.78 is 13.7. The molecule has 2 atom stereocenters. The molecule has 2 unspecified atom stereocenters. The molecule has 0 spiro atoms. The highest BCUT2D eigenvalue weighted by molar-refractivity contribution is 5.94. The fourth-order valence-corrected chi connectivity index (χ4v) is 1.98. The number of hydrogen-bond acceptors (Lipinski definition) is 2. The topological polar surface area (TPSA) is 42.0 Å². The quantitative estimate of drug-likeness (QED) is 0.797. The van der Waals surface area contributed by atoms with Gasteiger partial charge >= 0.3 is 0 Å². The van der Waals surface area contributed by atoms with Crippen LogP contribution in [0.25, 0.3) is 0 Å². The first-order valence-corrected chi connectivity index (χ1v) is 5.68. The Labute approximate surface area is 99.8 Å². The average Bonchev–Trinajstić information content (AvgIpc) is 2.34. The molecule has 1 aromatic rings. The molecule has 4 heteroatoms.